The van der Waals surface area contributed by atoms with Crippen LogP contribution in [-0.4, -0.2) is 28.8 Å². The van der Waals surface area contributed by atoms with Crippen LogP contribution in [0.2, 0.25) is 0 Å². The summed E-state index contributed by atoms with van der Waals surface area (Å²) in [6.07, 6.45) is -0.630. The number of hydrogen-bond acceptors (Lipinski definition) is 6. The molecule has 32 heavy (non-hydrogen) atoms. The zero-order valence-electron chi connectivity index (χ0n) is 18.3. The van der Waals surface area contributed by atoms with Gasteiger partial charge in [-0.1, -0.05) is 6.07 Å². The molecule has 1 amide bonds. The highest BCUT2D eigenvalue weighted by molar-refractivity contribution is 7.08. The summed E-state index contributed by atoms with van der Waals surface area (Å²) in [6.45, 7) is 7.16. The third-order valence-electron chi connectivity index (χ3n) is 5.24. The van der Waals surface area contributed by atoms with E-state index in [-0.39, 0.29) is 18.2 Å². The van der Waals surface area contributed by atoms with Crippen molar-refractivity contribution in [3.05, 3.63) is 64.0 Å². The third kappa shape index (κ3) is 3.93. The summed E-state index contributed by atoms with van der Waals surface area (Å²) >= 11 is 1.55. The van der Waals surface area contributed by atoms with Crippen molar-refractivity contribution in [1.82, 2.24) is 4.57 Å². The van der Waals surface area contributed by atoms with Crippen LogP contribution >= 0.6 is 11.3 Å². The lowest BCUT2D eigenvalue weighted by atomic mass is 9.87. The number of anilines is 1. The Bertz CT molecular complexity index is 1230. The Morgan fingerprint density at radius 1 is 1.28 bits per heavy atom. The minimum Gasteiger partial charge on any atom is -0.443 e. The van der Waals surface area contributed by atoms with Crippen LogP contribution in [0.5, 0.6) is 0 Å². The largest absolute Gasteiger partial charge is 0.443 e. The van der Waals surface area contributed by atoms with E-state index in [9.17, 15) is 14.9 Å². The molecule has 7 nitrogen and oxygen atoms in total. The quantitative estimate of drug-likeness (QED) is 0.587. The van der Waals surface area contributed by atoms with Crippen LogP contribution in [0.3, 0.4) is 0 Å². The van der Waals surface area contributed by atoms with Gasteiger partial charge < -0.3 is 14.8 Å². The molecule has 0 aliphatic carbocycles. The molecule has 1 N–H and O–H groups in total. The van der Waals surface area contributed by atoms with E-state index >= 15 is 0 Å². The molecule has 3 aromatic rings. The molecule has 1 aliphatic heterocycles. The molecular weight excluding hydrogens is 426 g/mol. The van der Waals surface area contributed by atoms with Gasteiger partial charge in [0.2, 0.25) is 5.91 Å². The number of fused-ring (bicyclic) bond motifs is 1. The highest BCUT2D eigenvalue weighted by atomic mass is 32.1. The topological polar surface area (TPSA) is 93.3 Å². The molecule has 0 fully saturated rings. The number of nitrogens with zero attached hydrogens (tertiary/aromatic N) is 2. The molecule has 1 aromatic carbocycles. The minimum absolute atomic E-state index is 0.0801. The molecule has 0 radical (unpaired) electrons. The summed E-state index contributed by atoms with van der Waals surface area (Å²) in [5.74, 6) is -0.234. The van der Waals surface area contributed by atoms with Gasteiger partial charge in [-0.2, -0.15) is 16.6 Å². The van der Waals surface area contributed by atoms with Gasteiger partial charge >= 0.3 is 6.09 Å². The Labute approximate surface area is 190 Å². The van der Waals surface area contributed by atoms with Crippen LogP contribution in [0.15, 0.2) is 47.2 Å². The smallest absolute Gasteiger partial charge is 0.420 e. The number of aromatic nitrogens is 1. The lowest BCUT2D eigenvalue weighted by molar-refractivity contribution is -0.124. The van der Waals surface area contributed by atoms with Crippen LogP contribution < -0.4 is 5.32 Å². The van der Waals surface area contributed by atoms with Gasteiger partial charge in [-0.25, -0.2) is 9.36 Å². The maximum absolute atomic E-state index is 12.9. The molecule has 0 saturated carbocycles. The molecule has 1 unspecified atom stereocenters. The molecular formula is C24H23N3O4S. The second-order valence-electron chi connectivity index (χ2n) is 8.67. The Hall–Kier alpha value is -3.41. The van der Waals surface area contributed by atoms with E-state index in [1.54, 1.807) is 56.4 Å². The Morgan fingerprint density at radius 3 is 2.72 bits per heavy atom. The van der Waals surface area contributed by atoms with Gasteiger partial charge in [-0.15, -0.1) is 0 Å². The second-order valence-corrected chi connectivity index (χ2v) is 9.45. The van der Waals surface area contributed by atoms with Crippen molar-refractivity contribution in [3.63, 3.8) is 0 Å². The fraction of sp³-hybridized carbons (Fsp3) is 0.292. The first-order valence-electron chi connectivity index (χ1n) is 10.1. The van der Waals surface area contributed by atoms with Crippen LogP contribution in [0.4, 0.5) is 10.5 Å². The van der Waals surface area contributed by atoms with E-state index in [0.29, 0.717) is 16.9 Å². The van der Waals surface area contributed by atoms with E-state index in [1.807, 2.05) is 29.8 Å². The zero-order chi connectivity index (χ0) is 23.1. The van der Waals surface area contributed by atoms with Crippen LogP contribution in [0.1, 0.15) is 44.5 Å². The second kappa shape index (κ2) is 7.93. The molecule has 1 atom stereocenters. The van der Waals surface area contributed by atoms with Crippen molar-refractivity contribution in [1.29, 1.82) is 5.26 Å². The fourth-order valence-electron chi connectivity index (χ4n) is 3.71. The molecule has 8 heteroatoms. The van der Waals surface area contributed by atoms with E-state index in [1.165, 1.54) is 4.57 Å². The first-order chi connectivity index (χ1) is 15.1. The summed E-state index contributed by atoms with van der Waals surface area (Å²) in [5, 5.41) is 16.4. The van der Waals surface area contributed by atoms with Crippen LogP contribution in [0.25, 0.3) is 11.3 Å². The van der Waals surface area contributed by atoms with Gasteiger partial charge in [-0.3, -0.25) is 4.79 Å². The maximum Gasteiger partial charge on any atom is 0.420 e. The number of thiophene rings is 1. The molecule has 1 aliphatic rings. The van der Waals surface area contributed by atoms with Crippen molar-refractivity contribution in [2.24, 2.45) is 0 Å². The van der Waals surface area contributed by atoms with Crippen molar-refractivity contribution < 1.29 is 19.1 Å². The van der Waals surface area contributed by atoms with Gasteiger partial charge in [0.25, 0.3) is 0 Å². The minimum atomic E-state index is -0.869. The maximum atomic E-state index is 12.9. The van der Waals surface area contributed by atoms with E-state index in [0.717, 1.165) is 11.1 Å². The molecule has 4 rings (SSSR count). The summed E-state index contributed by atoms with van der Waals surface area (Å²) in [7, 11) is 0. The number of ether oxygens (including phenoxy) is 2. The summed E-state index contributed by atoms with van der Waals surface area (Å²) < 4.78 is 12.9. The number of nitrogens with one attached hydrogen (secondary N) is 1. The van der Waals surface area contributed by atoms with Crippen molar-refractivity contribution in [3.8, 4) is 17.3 Å². The predicted octanol–water partition coefficient (Wildman–Crippen LogP) is 5.10. The van der Waals surface area contributed by atoms with Gasteiger partial charge in [0.1, 0.15) is 29.6 Å². The molecule has 164 valence electrons. The number of amides is 1. The average Bonchev–Trinajstić information content (AvgIpc) is 3.39. The summed E-state index contributed by atoms with van der Waals surface area (Å²) in [4.78, 5) is 25.1. The molecule has 0 spiro atoms. The number of hydrogen-bond donors (Lipinski definition) is 1. The first-order valence-corrected chi connectivity index (χ1v) is 11.0. The fourth-order valence-corrected chi connectivity index (χ4v) is 4.46. The van der Waals surface area contributed by atoms with Crippen molar-refractivity contribution >= 4 is 29.0 Å². The normalized spacial score (nSPS) is 18.3. The highest BCUT2D eigenvalue weighted by Gasteiger charge is 2.37. The number of carbonyl (C=O) groups excluding carboxylic acids is 2. The highest BCUT2D eigenvalue weighted by Crippen LogP contribution is 2.42. The standard InChI is InChI=1S/C24H23N3O4S/c1-23(2,3)31-22(29)27-17(12-25)6-8-20(27)15-5-7-19-18(11-15)24(4,16-9-10-32-14-16)30-13-21(28)26-19/h5-11,14H,13H2,1-4H3,(H,26,28). The molecule has 3 heterocycles. The number of carbonyl (C=O) groups is 2. The molecule has 0 bridgehead atoms. The summed E-state index contributed by atoms with van der Waals surface area (Å²) in [6, 6.07) is 12.8. The van der Waals surface area contributed by atoms with E-state index < -0.39 is 17.3 Å². The Balaban J connectivity index is 1.87. The monoisotopic (exact) mass is 449 g/mol. The predicted molar refractivity (Wildman–Crippen MR) is 122 cm³/mol. The van der Waals surface area contributed by atoms with Crippen molar-refractivity contribution in [2.75, 3.05) is 11.9 Å². The molecule has 2 aromatic heterocycles. The third-order valence-corrected chi connectivity index (χ3v) is 5.92. The zero-order valence-corrected chi connectivity index (χ0v) is 19.1. The SMILES string of the molecule is CC(C)(C)OC(=O)n1c(C#N)ccc1-c1ccc2c(c1)C(C)(c1ccsc1)OCC(=O)N2. The number of rotatable bonds is 2. The van der Waals surface area contributed by atoms with Gasteiger partial charge in [0.15, 0.2) is 0 Å². The van der Waals surface area contributed by atoms with E-state index in [4.69, 9.17) is 9.47 Å². The summed E-state index contributed by atoms with van der Waals surface area (Å²) in [5.41, 5.74) is 2.13. The van der Waals surface area contributed by atoms with Crippen LogP contribution in [-0.2, 0) is 19.9 Å². The lowest BCUT2D eigenvalue weighted by Gasteiger charge is -2.29. The lowest BCUT2D eigenvalue weighted by Crippen LogP contribution is -2.28. The first kappa shape index (κ1) is 21.8. The van der Waals surface area contributed by atoms with E-state index in [2.05, 4.69) is 11.4 Å². The van der Waals surface area contributed by atoms with Gasteiger partial charge in [0.05, 0.1) is 5.69 Å². The van der Waals surface area contributed by atoms with Gasteiger partial charge in [0, 0.05) is 11.3 Å². The van der Waals surface area contributed by atoms with Crippen molar-refractivity contribution in [2.45, 2.75) is 38.9 Å². The van der Waals surface area contributed by atoms with Crippen LogP contribution in [0, 0.1) is 11.3 Å². The molecule has 0 saturated heterocycles. The van der Waals surface area contributed by atoms with Gasteiger partial charge in [-0.05, 0) is 79.9 Å². The Morgan fingerprint density at radius 2 is 2.06 bits per heavy atom. The Kier molecular flexibility index (Phi) is 5.41. The number of benzene rings is 1. The number of nitriles is 1. The average molecular weight is 450 g/mol.